The number of fused-ring (bicyclic) bond motifs is 2. The molecule has 0 N–H and O–H groups in total. The maximum atomic E-state index is 12.8. The lowest BCUT2D eigenvalue weighted by molar-refractivity contribution is -0.128. The molecule has 3 aliphatic heterocycles. The Morgan fingerprint density at radius 1 is 1.04 bits per heavy atom. The van der Waals surface area contributed by atoms with Gasteiger partial charge in [0.2, 0.25) is 5.91 Å². The van der Waals surface area contributed by atoms with Crippen LogP contribution in [0.2, 0.25) is 5.02 Å². The number of carbonyl (C=O) groups excluding carboxylic acids is 2. The van der Waals surface area contributed by atoms with Gasteiger partial charge in [0.1, 0.15) is 12.4 Å². The van der Waals surface area contributed by atoms with Crippen molar-refractivity contribution < 1.29 is 14.3 Å². The SMILES string of the molecule is C=CC(=O)N1CCN(c2nc(OC[C@@H]3CCCN3CCCC(=O)c3cccc(I)c3)nc3c2CCN(c2cccc4cccc(Cl)c24)C3)C[C@@H]1CC#N. The fraction of sp³-hybridized carbons (Fsp3) is 0.390. The molecule has 1 amide bonds. The number of hydrogen-bond acceptors (Lipinski definition) is 9. The summed E-state index contributed by atoms with van der Waals surface area (Å²) >= 11 is 9.00. The van der Waals surface area contributed by atoms with Crippen molar-refractivity contribution in [1.29, 1.82) is 5.26 Å². The molecular formula is C41H43ClIN7O3. The summed E-state index contributed by atoms with van der Waals surface area (Å²) in [4.78, 5) is 44.3. The highest BCUT2D eigenvalue weighted by Crippen LogP contribution is 2.37. The first-order valence-corrected chi connectivity index (χ1v) is 19.8. The molecule has 12 heteroatoms. The van der Waals surface area contributed by atoms with Crippen molar-refractivity contribution in [3.63, 3.8) is 0 Å². The van der Waals surface area contributed by atoms with Crippen LogP contribution in [-0.4, -0.2) is 89.4 Å². The normalized spacial score (nSPS) is 18.8. The molecule has 0 bridgehead atoms. The van der Waals surface area contributed by atoms with E-state index in [0.717, 1.165) is 88.0 Å². The summed E-state index contributed by atoms with van der Waals surface area (Å²) in [5.41, 5.74) is 3.81. The molecule has 2 saturated heterocycles. The number of hydrogen-bond donors (Lipinski definition) is 0. The molecule has 7 rings (SSSR count). The molecule has 2 atom stereocenters. The van der Waals surface area contributed by atoms with E-state index in [1.165, 1.54) is 6.08 Å². The maximum absolute atomic E-state index is 12.8. The second kappa shape index (κ2) is 16.8. The third kappa shape index (κ3) is 8.30. The van der Waals surface area contributed by atoms with Gasteiger partial charge in [0.15, 0.2) is 5.78 Å². The van der Waals surface area contributed by atoms with Gasteiger partial charge in [0.05, 0.1) is 35.8 Å². The highest BCUT2D eigenvalue weighted by molar-refractivity contribution is 14.1. The van der Waals surface area contributed by atoms with Crippen LogP contribution >= 0.6 is 34.2 Å². The summed E-state index contributed by atoms with van der Waals surface area (Å²) in [5.74, 6) is 0.826. The Morgan fingerprint density at radius 3 is 2.68 bits per heavy atom. The molecule has 53 heavy (non-hydrogen) atoms. The summed E-state index contributed by atoms with van der Waals surface area (Å²) in [7, 11) is 0. The van der Waals surface area contributed by atoms with E-state index in [2.05, 4.69) is 74.2 Å². The average Bonchev–Trinajstić information content (AvgIpc) is 3.63. The van der Waals surface area contributed by atoms with Gasteiger partial charge in [0, 0.05) is 64.4 Å². The van der Waals surface area contributed by atoms with Crippen LogP contribution in [0.15, 0.2) is 73.3 Å². The largest absolute Gasteiger partial charge is 0.462 e. The number of carbonyl (C=O) groups is 2. The van der Waals surface area contributed by atoms with Gasteiger partial charge in [-0.2, -0.15) is 15.2 Å². The van der Waals surface area contributed by atoms with E-state index in [9.17, 15) is 14.9 Å². The van der Waals surface area contributed by atoms with Crippen molar-refractivity contribution in [2.24, 2.45) is 0 Å². The predicted molar refractivity (Wildman–Crippen MR) is 217 cm³/mol. The van der Waals surface area contributed by atoms with Crippen molar-refractivity contribution in [2.45, 2.75) is 57.2 Å². The number of benzene rings is 3. The zero-order valence-electron chi connectivity index (χ0n) is 29.7. The minimum Gasteiger partial charge on any atom is -0.462 e. The van der Waals surface area contributed by atoms with E-state index in [1.807, 2.05) is 36.4 Å². The van der Waals surface area contributed by atoms with E-state index < -0.39 is 0 Å². The molecule has 0 spiro atoms. The van der Waals surface area contributed by atoms with E-state index in [-0.39, 0.29) is 30.2 Å². The van der Waals surface area contributed by atoms with Crippen LogP contribution < -0.4 is 14.5 Å². The van der Waals surface area contributed by atoms with Gasteiger partial charge in [-0.05, 0) is 97.1 Å². The minimum atomic E-state index is -0.281. The maximum Gasteiger partial charge on any atom is 0.318 e. The molecule has 0 aliphatic carbocycles. The highest BCUT2D eigenvalue weighted by Gasteiger charge is 2.34. The van der Waals surface area contributed by atoms with Gasteiger partial charge in [-0.3, -0.25) is 14.5 Å². The number of likely N-dealkylation sites (tertiary alicyclic amines) is 1. The first kappa shape index (κ1) is 37.1. The summed E-state index contributed by atoms with van der Waals surface area (Å²) in [6, 6.07) is 22.5. The number of anilines is 2. The zero-order valence-corrected chi connectivity index (χ0v) is 32.6. The molecule has 0 saturated carbocycles. The van der Waals surface area contributed by atoms with Gasteiger partial charge in [-0.1, -0.05) is 54.6 Å². The van der Waals surface area contributed by atoms with Gasteiger partial charge in [-0.25, -0.2) is 0 Å². The molecule has 0 radical (unpaired) electrons. The van der Waals surface area contributed by atoms with Gasteiger partial charge < -0.3 is 19.4 Å². The third-order valence-corrected chi connectivity index (χ3v) is 11.6. The standard InChI is InChI=1S/C41H43ClIN7O3/c1-2-38(52)50-23-22-49(25-31(50)16-18-44)40-33-17-21-48(36-14-5-9-28-8-4-13-34(42)39(28)36)26-35(33)45-41(46-40)53-27-32-12-6-19-47(32)20-7-15-37(51)29-10-3-11-30(43)24-29/h2-5,8-11,13-14,24,31-32H,1,6-7,12,15-17,19-23,25-27H2/t31-,32-/m0/s1. The van der Waals surface area contributed by atoms with Gasteiger partial charge >= 0.3 is 6.01 Å². The Kier molecular flexibility index (Phi) is 11.8. The molecule has 4 aromatic rings. The first-order chi connectivity index (χ1) is 25.8. The lowest BCUT2D eigenvalue weighted by Crippen LogP contribution is -2.55. The predicted octanol–water partition coefficient (Wildman–Crippen LogP) is 7.07. The van der Waals surface area contributed by atoms with Crippen LogP contribution in [0.25, 0.3) is 10.8 Å². The van der Waals surface area contributed by atoms with Crippen LogP contribution in [0.3, 0.4) is 0 Å². The Labute approximate surface area is 329 Å². The number of Topliss-reactive ketones (excluding diaryl/α,β-unsaturated/α-hetero) is 1. The summed E-state index contributed by atoms with van der Waals surface area (Å²) in [5, 5.41) is 12.5. The van der Waals surface area contributed by atoms with E-state index in [0.29, 0.717) is 50.2 Å². The number of halogens is 2. The van der Waals surface area contributed by atoms with Crippen molar-refractivity contribution in [1.82, 2.24) is 19.8 Å². The third-order valence-electron chi connectivity index (χ3n) is 10.7. The molecule has 3 aliphatic rings. The molecule has 1 aromatic heterocycles. The number of nitriles is 1. The number of ketones is 1. The van der Waals surface area contributed by atoms with Gasteiger partial charge in [0.25, 0.3) is 0 Å². The smallest absolute Gasteiger partial charge is 0.318 e. The molecule has 2 fully saturated rings. The number of ether oxygens (including phenoxy) is 1. The van der Waals surface area contributed by atoms with Crippen LogP contribution in [0, 0.1) is 14.9 Å². The Balaban J connectivity index is 1.11. The number of amides is 1. The molecule has 3 aromatic carbocycles. The molecule has 10 nitrogen and oxygen atoms in total. The molecule has 0 unspecified atom stereocenters. The van der Waals surface area contributed by atoms with E-state index in [4.69, 9.17) is 26.3 Å². The second-order valence-electron chi connectivity index (χ2n) is 13.9. The summed E-state index contributed by atoms with van der Waals surface area (Å²) in [6.07, 6.45) is 5.64. The van der Waals surface area contributed by atoms with Crippen molar-refractivity contribution >= 4 is 68.2 Å². The van der Waals surface area contributed by atoms with E-state index in [1.54, 1.807) is 4.90 Å². The van der Waals surface area contributed by atoms with Crippen molar-refractivity contribution in [2.75, 3.05) is 55.7 Å². The fourth-order valence-corrected chi connectivity index (χ4v) is 8.81. The first-order valence-electron chi connectivity index (χ1n) is 18.4. The van der Waals surface area contributed by atoms with Crippen molar-refractivity contribution in [3.8, 4) is 12.1 Å². The Hall–Kier alpha value is -4.25. The van der Waals surface area contributed by atoms with E-state index >= 15 is 0 Å². The number of aromatic nitrogens is 2. The summed E-state index contributed by atoms with van der Waals surface area (Å²) in [6.45, 7) is 8.77. The number of rotatable bonds is 12. The van der Waals surface area contributed by atoms with Crippen LogP contribution in [0.5, 0.6) is 6.01 Å². The Bertz CT molecular complexity index is 2050. The van der Waals surface area contributed by atoms with Crippen LogP contribution in [-0.2, 0) is 17.8 Å². The fourth-order valence-electron chi connectivity index (χ4n) is 7.99. The Morgan fingerprint density at radius 2 is 1.87 bits per heavy atom. The summed E-state index contributed by atoms with van der Waals surface area (Å²) < 4.78 is 7.55. The van der Waals surface area contributed by atoms with Crippen molar-refractivity contribution in [3.05, 3.63) is 98.7 Å². The van der Waals surface area contributed by atoms with Crippen LogP contribution in [0.1, 0.15) is 53.7 Å². The molecular weight excluding hydrogens is 801 g/mol. The lowest BCUT2D eigenvalue weighted by Gasteiger charge is -2.42. The average molecular weight is 844 g/mol. The highest BCUT2D eigenvalue weighted by atomic mass is 127. The molecule has 4 heterocycles. The number of nitrogens with zero attached hydrogens (tertiary/aromatic N) is 7. The minimum absolute atomic E-state index is 0.164. The second-order valence-corrected chi connectivity index (χ2v) is 15.6. The monoisotopic (exact) mass is 843 g/mol. The lowest BCUT2D eigenvalue weighted by atomic mass is 10.0. The van der Waals surface area contributed by atoms with Gasteiger partial charge in [-0.15, -0.1) is 0 Å². The topological polar surface area (TPSA) is 106 Å². The number of piperazine rings is 1. The quantitative estimate of drug-likeness (QED) is 0.0842. The zero-order chi connectivity index (χ0) is 36.9. The molecule has 274 valence electrons. The van der Waals surface area contributed by atoms with Crippen LogP contribution in [0.4, 0.5) is 11.5 Å².